The monoisotopic (exact) mass is 308 g/mol. The van der Waals surface area contributed by atoms with Crippen LogP contribution in [0.3, 0.4) is 0 Å². The fourth-order valence-electron chi connectivity index (χ4n) is 3.06. The number of amides is 1. The molecule has 0 spiro atoms. The highest BCUT2D eigenvalue weighted by Crippen LogP contribution is 2.26. The molecule has 1 saturated carbocycles. The Balaban J connectivity index is 2.05. The summed E-state index contributed by atoms with van der Waals surface area (Å²) in [5.41, 5.74) is 0.913. The summed E-state index contributed by atoms with van der Waals surface area (Å²) in [5, 5.41) is 1.12. The molecular formula is C17H28N2OS. The van der Waals surface area contributed by atoms with E-state index in [-0.39, 0.29) is 5.91 Å². The van der Waals surface area contributed by atoms with Crippen molar-refractivity contribution < 1.29 is 4.79 Å². The summed E-state index contributed by atoms with van der Waals surface area (Å²) >= 11 is 1.60. The zero-order valence-corrected chi connectivity index (χ0v) is 14.5. The Bertz CT molecular complexity index is 461. The molecule has 0 atom stereocenters. The third-order valence-corrected chi connectivity index (χ3v) is 5.68. The molecule has 0 bridgehead atoms. The van der Waals surface area contributed by atoms with E-state index in [0.29, 0.717) is 6.04 Å². The number of carbonyl (C=O) groups excluding carboxylic acids is 1. The summed E-state index contributed by atoms with van der Waals surface area (Å²) in [6.07, 6.45) is 10.8. The molecule has 0 radical (unpaired) electrons. The molecule has 0 aliphatic heterocycles. The van der Waals surface area contributed by atoms with E-state index >= 15 is 0 Å². The van der Waals surface area contributed by atoms with Gasteiger partial charge >= 0.3 is 0 Å². The summed E-state index contributed by atoms with van der Waals surface area (Å²) in [6.45, 7) is 4.16. The molecule has 4 heteroatoms. The molecule has 118 valence electrons. The van der Waals surface area contributed by atoms with Crippen LogP contribution in [-0.2, 0) is 6.42 Å². The van der Waals surface area contributed by atoms with E-state index in [1.807, 2.05) is 18.9 Å². The Kier molecular flexibility index (Phi) is 6.22. The summed E-state index contributed by atoms with van der Waals surface area (Å²) < 4.78 is 0. The molecule has 1 aromatic heterocycles. The van der Waals surface area contributed by atoms with Gasteiger partial charge < -0.3 is 4.90 Å². The smallest absolute Gasteiger partial charge is 0.265 e. The van der Waals surface area contributed by atoms with Crippen molar-refractivity contribution >= 4 is 17.2 Å². The van der Waals surface area contributed by atoms with Crippen LogP contribution in [0, 0.1) is 6.92 Å². The van der Waals surface area contributed by atoms with E-state index < -0.39 is 0 Å². The summed E-state index contributed by atoms with van der Waals surface area (Å²) in [5.74, 6) is 0.180. The van der Waals surface area contributed by atoms with E-state index in [1.54, 1.807) is 11.3 Å². The number of unbranched alkanes of at least 4 members (excludes halogenated alkanes) is 1. The minimum Gasteiger partial charge on any atom is -0.338 e. The average molecular weight is 308 g/mol. The molecule has 1 amide bonds. The van der Waals surface area contributed by atoms with Crippen LogP contribution in [0.1, 0.15) is 78.7 Å². The van der Waals surface area contributed by atoms with Crippen LogP contribution in [0.5, 0.6) is 0 Å². The molecule has 3 nitrogen and oxygen atoms in total. The molecule has 1 aliphatic carbocycles. The molecule has 0 N–H and O–H groups in total. The Labute approximate surface area is 132 Å². The molecule has 21 heavy (non-hydrogen) atoms. The van der Waals surface area contributed by atoms with Crippen LogP contribution >= 0.6 is 11.3 Å². The van der Waals surface area contributed by atoms with Crippen molar-refractivity contribution in [1.82, 2.24) is 9.88 Å². The maximum atomic E-state index is 12.8. The lowest BCUT2D eigenvalue weighted by atomic mass is 10.1. The van der Waals surface area contributed by atoms with Crippen LogP contribution in [0.4, 0.5) is 0 Å². The molecule has 0 unspecified atom stereocenters. The van der Waals surface area contributed by atoms with Crippen molar-refractivity contribution in [2.24, 2.45) is 0 Å². The first-order valence-electron chi connectivity index (χ1n) is 8.37. The fourth-order valence-corrected chi connectivity index (χ4v) is 4.15. The summed E-state index contributed by atoms with van der Waals surface area (Å²) in [6, 6.07) is 0.417. The van der Waals surface area contributed by atoms with E-state index in [1.165, 1.54) is 32.1 Å². The number of carbonyl (C=O) groups is 1. The highest BCUT2D eigenvalue weighted by molar-refractivity contribution is 7.13. The van der Waals surface area contributed by atoms with Crippen LogP contribution in [0.15, 0.2) is 0 Å². The van der Waals surface area contributed by atoms with Crippen molar-refractivity contribution in [2.75, 3.05) is 7.05 Å². The second-order valence-electron chi connectivity index (χ2n) is 6.19. The van der Waals surface area contributed by atoms with Gasteiger partial charge in [0, 0.05) is 13.1 Å². The Morgan fingerprint density at radius 1 is 1.29 bits per heavy atom. The lowest BCUT2D eigenvalue weighted by molar-refractivity contribution is 0.0721. The predicted molar refractivity (Wildman–Crippen MR) is 89.0 cm³/mol. The van der Waals surface area contributed by atoms with Gasteiger partial charge in [0.15, 0.2) is 0 Å². The predicted octanol–water partition coefficient (Wildman–Crippen LogP) is 4.59. The SMILES string of the molecule is CCCCc1nc(C)c(C(=O)N(C)C2CCCCCC2)s1. The van der Waals surface area contributed by atoms with Crippen molar-refractivity contribution in [2.45, 2.75) is 77.7 Å². The lowest BCUT2D eigenvalue weighted by Crippen LogP contribution is -2.36. The number of hydrogen-bond donors (Lipinski definition) is 0. The maximum absolute atomic E-state index is 12.8. The van der Waals surface area contributed by atoms with E-state index in [2.05, 4.69) is 11.9 Å². The first kappa shape index (κ1) is 16.5. The Morgan fingerprint density at radius 3 is 2.57 bits per heavy atom. The van der Waals surface area contributed by atoms with E-state index in [9.17, 15) is 4.79 Å². The van der Waals surface area contributed by atoms with Crippen molar-refractivity contribution in [1.29, 1.82) is 0 Å². The maximum Gasteiger partial charge on any atom is 0.265 e. The van der Waals surface area contributed by atoms with Crippen LogP contribution < -0.4 is 0 Å². The van der Waals surface area contributed by atoms with Gasteiger partial charge in [-0.3, -0.25) is 4.79 Å². The standard InChI is InChI=1S/C17H28N2OS/c1-4-5-12-15-18-13(2)16(21-15)17(20)19(3)14-10-8-6-7-9-11-14/h14H,4-12H2,1-3H3. The van der Waals surface area contributed by atoms with Crippen molar-refractivity contribution in [3.8, 4) is 0 Å². The highest BCUT2D eigenvalue weighted by atomic mass is 32.1. The molecule has 0 aromatic carbocycles. The second-order valence-corrected chi connectivity index (χ2v) is 7.27. The van der Waals surface area contributed by atoms with E-state index in [0.717, 1.165) is 41.3 Å². The van der Waals surface area contributed by atoms with Crippen LogP contribution in [-0.4, -0.2) is 28.9 Å². The third kappa shape index (κ3) is 4.29. The van der Waals surface area contributed by atoms with Crippen molar-refractivity contribution in [3.05, 3.63) is 15.6 Å². The van der Waals surface area contributed by atoms with E-state index in [4.69, 9.17) is 0 Å². The quantitative estimate of drug-likeness (QED) is 0.745. The number of rotatable bonds is 5. The first-order valence-corrected chi connectivity index (χ1v) is 9.18. The highest BCUT2D eigenvalue weighted by Gasteiger charge is 2.25. The summed E-state index contributed by atoms with van der Waals surface area (Å²) in [7, 11) is 1.98. The molecule has 2 rings (SSSR count). The minimum absolute atomic E-state index is 0.180. The first-order chi connectivity index (χ1) is 10.1. The fraction of sp³-hybridized carbons (Fsp3) is 0.765. The van der Waals surface area contributed by atoms with Gasteiger partial charge in [-0.25, -0.2) is 4.98 Å². The topological polar surface area (TPSA) is 33.2 Å². The molecule has 0 saturated heterocycles. The van der Waals surface area contributed by atoms with Gasteiger partial charge in [-0.15, -0.1) is 11.3 Å². The molecule has 1 aromatic rings. The largest absolute Gasteiger partial charge is 0.338 e. The van der Waals surface area contributed by atoms with Gasteiger partial charge in [-0.1, -0.05) is 39.0 Å². The van der Waals surface area contributed by atoms with Gasteiger partial charge in [-0.05, 0) is 32.6 Å². The average Bonchev–Trinajstić information content (AvgIpc) is 2.69. The number of nitrogens with zero attached hydrogens (tertiary/aromatic N) is 2. The van der Waals surface area contributed by atoms with Gasteiger partial charge in [0.05, 0.1) is 10.7 Å². The normalized spacial score (nSPS) is 16.7. The molecule has 1 heterocycles. The molecule has 1 fully saturated rings. The van der Waals surface area contributed by atoms with Crippen LogP contribution in [0.25, 0.3) is 0 Å². The summed E-state index contributed by atoms with van der Waals surface area (Å²) in [4.78, 5) is 20.2. The zero-order chi connectivity index (χ0) is 15.2. The third-order valence-electron chi connectivity index (χ3n) is 4.47. The number of aromatic nitrogens is 1. The number of hydrogen-bond acceptors (Lipinski definition) is 3. The number of aryl methyl sites for hydroxylation is 2. The zero-order valence-electron chi connectivity index (χ0n) is 13.7. The Morgan fingerprint density at radius 2 is 1.95 bits per heavy atom. The number of thiazole rings is 1. The second kappa shape index (κ2) is 7.92. The lowest BCUT2D eigenvalue weighted by Gasteiger charge is -2.26. The van der Waals surface area contributed by atoms with Gasteiger partial charge in [0.2, 0.25) is 0 Å². The Hall–Kier alpha value is -0.900. The minimum atomic E-state index is 0.180. The molecular weight excluding hydrogens is 280 g/mol. The van der Waals surface area contributed by atoms with Crippen molar-refractivity contribution in [3.63, 3.8) is 0 Å². The molecule has 1 aliphatic rings. The van der Waals surface area contributed by atoms with Gasteiger partial charge in [0.1, 0.15) is 4.88 Å². The van der Waals surface area contributed by atoms with Gasteiger partial charge in [-0.2, -0.15) is 0 Å². The van der Waals surface area contributed by atoms with Crippen LogP contribution in [0.2, 0.25) is 0 Å². The van der Waals surface area contributed by atoms with Gasteiger partial charge in [0.25, 0.3) is 5.91 Å².